The highest BCUT2D eigenvalue weighted by Gasteiger charge is 2.08. The van der Waals surface area contributed by atoms with E-state index in [0.29, 0.717) is 24.7 Å². The van der Waals surface area contributed by atoms with Crippen molar-refractivity contribution >= 4 is 5.96 Å². The number of aliphatic imine (C=N–C) groups is 1. The van der Waals surface area contributed by atoms with Crippen LogP contribution in [-0.4, -0.2) is 41.1 Å². The van der Waals surface area contributed by atoms with Gasteiger partial charge in [-0.25, -0.2) is 0 Å². The normalized spacial score (nSPS) is 11.5. The van der Waals surface area contributed by atoms with Gasteiger partial charge in [-0.1, -0.05) is 42.4 Å². The van der Waals surface area contributed by atoms with E-state index in [2.05, 4.69) is 56.5 Å². The highest BCUT2D eigenvalue weighted by atomic mass is 16.5. The van der Waals surface area contributed by atoms with Gasteiger partial charge >= 0.3 is 0 Å². The Morgan fingerprint density at radius 1 is 1.30 bits per heavy atom. The van der Waals surface area contributed by atoms with Crippen LogP contribution in [0.4, 0.5) is 0 Å². The molecule has 6 nitrogen and oxygen atoms in total. The summed E-state index contributed by atoms with van der Waals surface area (Å²) in [6.45, 7) is 6.28. The number of rotatable bonds is 7. The summed E-state index contributed by atoms with van der Waals surface area (Å²) in [7, 11) is 2.05. The van der Waals surface area contributed by atoms with Gasteiger partial charge in [0.15, 0.2) is 11.8 Å². The molecular weight excluding hydrogens is 290 g/mol. The lowest BCUT2D eigenvalue weighted by Crippen LogP contribution is -2.39. The van der Waals surface area contributed by atoms with E-state index in [1.165, 1.54) is 5.56 Å². The molecule has 0 unspecified atom stereocenters. The van der Waals surface area contributed by atoms with Crippen LogP contribution in [0.15, 0.2) is 39.8 Å². The van der Waals surface area contributed by atoms with E-state index in [4.69, 9.17) is 4.52 Å². The molecule has 6 heteroatoms. The summed E-state index contributed by atoms with van der Waals surface area (Å²) in [5.41, 5.74) is 1.26. The van der Waals surface area contributed by atoms with Crippen molar-refractivity contribution < 1.29 is 4.52 Å². The lowest BCUT2D eigenvalue weighted by molar-refractivity contribution is 0.373. The summed E-state index contributed by atoms with van der Waals surface area (Å²) in [6, 6.07) is 10.4. The van der Waals surface area contributed by atoms with E-state index in [1.54, 1.807) is 0 Å². The molecule has 124 valence electrons. The molecule has 0 radical (unpaired) electrons. The second-order valence-electron chi connectivity index (χ2n) is 5.46. The molecule has 0 aliphatic heterocycles. The number of aryl methyl sites for hydroxylation is 1. The first-order chi connectivity index (χ1) is 11.2. The van der Waals surface area contributed by atoms with E-state index in [0.717, 1.165) is 25.5 Å². The Bertz CT molecular complexity index is 608. The van der Waals surface area contributed by atoms with Crippen LogP contribution >= 0.6 is 0 Å². The smallest absolute Gasteiger partial charge is 0.228 e. The fourth-order valence-corrected chi connectivity index (χ4v) is 2.18. The van der Waals surface area contributed by atoms with Crippen LogP contribution in [0.3, 0.4) is 0 Å². The molecule has 1 heterocycles. The number of hydrogen-bond acceptors (Lipinski definition) is 4. The monoisotopic (exact) mass is 315 g/mol. The van der Waals surface area contributed by atoms with E-state index in [9.17, 15) is 0 Å². The minimum absolute atomic E-state index is 0.649. The number of nitrogens with zero attached hydrogens (tertiary/aromatic N) is 4. The first-order valence-corrected chi connectivity index (χ1v) is 8.01. The summed E-state index contributed by atoms with van der Waals surface area (Å²) in [5, 5.41) is 7.18. The van der Waals surface area contributed by atoms with Crippen molar-refractivity contribution in [3.63, 3.8) is 0 Å². The van der Waals surface area contributed by atoms with Crippen LogP contribution in [0.1, 0.15) is 30.6 Å². The quantitative estimate of drug-likeness (QED) is 0.628. The maximum absolute atomic E-state index is 5.13. The number of nitrogens with one attached hydrogen (secondary N) is 1. The van der Waals surface area contributed by atoms with Crippen LogP contribution in [0, 0.1) is 6.92 Å². The Balaban J connectivity index is 1.90. The van der Waals surface area contributed by atoms with Crippen LogP contribution in [0.25, 0.3) is 0 Å². The highest BCUT2D eigenvalue weighted by Crippen LogP contribution is 2.03. The molecule has 0 spiro atoms. The Hall–Kier alpha value is -2.37. The zero-order valence-corrected chi connectivity index (χ0v) is 14.1. The molecule has 2 rings (SSSR count). The molecule has 0 bridgehead atoms. The van der Waals surface area contributed by atoms with Gasteiger partial charge in [0.25, 0.3) is 0 Å². The van der Waals surface area contributed by atoms with E-state index in [-0.39, 0.29) is 0 Å². The van der Waals surface area contributed by atoms with Crippen molar-refractivity contribution in [1.82, 2.24) is 20.4 Å². The van der Waals surface area contributed by atoms with Crippen LogP contribution < -0.4 is 5.32 Å². The van der Waals surface area contributed by atoms with Gasteiger partial charge < -0.3 is 14.7 Å². The van der Waals surface area contributed by atoms with Gasteiger partial charge in [0.05, 0.1) is 0 Å². The fraction of sp³-hybridized carbons (Fsp3) is 0.471. The van der Waals surface area contributed by atoms with Gasteiger partial charge in [0.2, 0.25) is 5.89 Å². The Morgan fingerprint density at radius 3 is 2.74 bits per heavy atom. The Labute approximate surface area is 137 Å². The zero-order valence-electron chi connectivity index (χ0n) is 14.1. The number of hydrogen-bond donors (Lipinski definition) is 1. The summed E-state index contributed by atoms with van der Waals surface area (Å²) in [5.74, 6) is 2.21. The average Bonchev–Trinajstić information content (AvgIpc) is 2.97. The zero-order chi connectivity index (χ0) is 16.5. The molecule has 23 heavy (non-hydrogen) atoms. The average molecular weight is 315 g/mol. The predicted molar refractivity (Wildman–Crippen MR) is 91.2 cm³/mol. The van der Waals surface area contributed by atoms with Crippen LogP contribution in [-0.2, 0) is 13.0 Å². The highest BCUT2D eigenvalue weighted by molar-refractivity contribution is 5.79. The van der Waals surface area contributed by atoms with Gasteiger partial charge in [-0.3, -0.25) is 4.99 Å². The van der Waals surface area contributed by atoms with E-state index < -0.39 is 0 Å². The van der Waals surface area contributed by atoms with Gasteiger partial charge in [0.1, 0.15) is 0 Å². The second-order valence-corrected chi connectivity index (χ2v) is 5.46. The molecule has 0 aliphatic carbocycles. The topological polar surface area (TPSA) is 66.5 Å². The third-order valence-electron chi connectivity index (χ3n) is 3.30. The van der Waals surface area contributed by atoms with Crippen molar-refractivity contribution in [1.29, 1.82) is 0 Å². The molecule has 1 aromatic heterocycles. The molecule has 0 atom stereocenters. The third kappa shape index (κ3) is 5.73. The molecule has 1 N–H and O–H groups in total. The number of benzene rings is 1. The first-order valence-electron chi connectivity index (χ1n) is 8.01. The maximum Gasteiger partial charge on any atom is 0.228 e. The lowest BCUT2D eigenvalue weighted by Gasteiger charge is -2.22. The summed E-state index contributed by atoms with van der Waals surface area (Å²) in [4.78, 5) is 11.0. The molecule has 0 saturated carbocycles. The fourth-order valence-electron chi connectivity index (χ4n) is 2.18. The Kier molecular flexibility index (Phi) is 6.59. The van der Waals surface area contributed by atoms with Crippen molar-refractivity contribution in [2.24, 2.45) is 4.99 Å². The SMILES string of the molecule is CCCN=C(NCCc1nc(C)no1)N(C)Cc1ccccc1. The van der Waals surface area contributed by atoms with Crippen LogP contribution in [0.5, 0.6) is 0 Å². The summed E-state index contributed by atoms with van der Waals surface area (Å²) < 4.78 is 5.13. The number of guanidine groups is 1. The third-order valence-corrected chi connectivity index (χ3v) is 3.30. The molecule has 0 aliphatic rings. The van der Waals surface area contributed by atoms with Gasteiger partial charge in [-0.15, -0.1) is 0 Å². The minimum Gasteiger partial charge on any atom is -0.356 e. The number of aromatic nitrogens is 2. The van der Waals surface area contributed by atoms with Crippen molar-refractivity contribution in [3.8, 4) is 0 Å². The predicted octanol–water partition coefficient (Wildman–Crippen LogP) is 2.41. The molecular formula is C17H25N5O. The van der Waals surface area contributed by atoms with E-state index in [1.807, 2.05) is 20.0 Å². The first kappa shape index (κ1) is 17.0. The van der Waals surface area contributed by atoms with Gasteiger partial charge in [-0.2, -0.15) is 4.98 Å². The molecule has 1 aromatic carbocycles. The second kappa shape index (κ2) is 8.92. The largest absolute Gasteiger partial charge is 0.356 e. The van der Waals surface area contributed by atoms with Crippen molar-refractivity contribution in [2.75, 3.05) is 20.1 Å². The van der Waals surface area contributed by atoms with E-state index >= 15 is 0 Å². The lowest BCUT2D eigenvalue weighted by atomic mass is 10.2. The summed E-state index contributed by atoms with van der Waals surface area (Å²) >= 11 is 0. The van der Waals surface area contributed by atoms with Crippen molar-refractivity contribution in [2.45, 2.75) is 33.2 Å². The maximum atomic E-state index is 5.13. The molecule has 0 saturated heterocycles. The Morgan fingerprint density at radius 2 is 2.09 bits per heavy atom. The van der Waals surface area contributed by atoms with Crippen LogP contribution in [0.2, 0.25) is 0 Å². The van der Waals surface area contributed by atoms with Gasteiger partial charge in [0, 0.05) is 33.1 Å². The molecule has 0 amide bonds. The van der Waals surface area contributed by atoms with Crippen molar-refractivity contribution in [3.05, 3.63) is 47.6 Å². The molecule has 0 fully saturated rings. The minimum atomic E-state index is 0.649. The molecule has 2 aromatic rings. The standard InChI is InChI=1S/C17H25N5O/c1-4-11-18-17(19-12-10-16-20-14(2)21-23-16)22(3)13-15-8-6-5-7-9-15/h5-9H,4,10-13H2,1-3H3,(H,18,19). The van der Waals surface area contributed by atoms with Gasteiger partial charge in [-0.05, 0) is 18.9 Å². The summed E-state index contributed by atoms with van der Waals surface area (Å²) in [6.07, 6.45) is 1.71.